The van der Waals surface area contributed by atoms with Crippen molar-refractivity contribution in [2.24, 2.45) is 0 Å². The SMILES string of the molecule is CC/C=C\C/C=C\C/C=C\C/C=C\C/C=C\C/C=C\C/C=C\C/C=C\C/C=C\C/C=C\C/C=C\C/C=C\CCCCCCC(=O)OC(COC(=O)CCCCCCC/C=C\C/C=C\C/C=C\C/C=C\C/C=C\CC)COC(OCC[N+](C)(C)C)C(=O)[O-]. The highest BCUT2D eigenvalue weighted by Gasteiger charge is 2.22. The minimum Gasteiger partial charge on any atom is -0.545 e. The number of carboxylic acids is 1. The lowest BCUT2D eigenvalue weighted by Gasteiger charge is -2.26. The van der Waals surface area contributed by atoms with Crippen LogP contribution in [0.2, 0.25) is 0 Å². The van der Waals surface area contributed by atoms with E-state index in [0.717, 1.165) is 167 Å². The van der Waals surface area contributed by atoms with Gasteiger partial charge in [-0.3, -0.25) is 9.59 Å². The van der Waals surface area contributed by atoms with Crippen LogP contribution in [0.25, 0.3) is 0 Å². The van der Waals surface area contributed by atoms with Crippen LogP contribution < -0.4 is 5.11 Å². The van der Waals surface area contributed by atoms with E-state index in [4.69, 9.17) is 18.9 Å². The van der Waals surface area contributed by atoms with Crippen LogP contribution in [-0.2, 0) is 33.3 Å². The Morgan fingerprint density at radius 3 is 0.920 bits per heavy atom. The maximum absolute atomic E-state index is 12.9. The second kappa shape index (κ2) is 65.8. The number of nitrogens with zero attached hydrogens (tertiary/aromatic N) is 1. The fourth-order valence-corrected chi connectivity index (χ4v) is 8.01. The van der Waals surface area contributed by atoms with Crippen LogP contribution >= 0.6 is 0 Å². The predicted molar refractivity (Wildman–Crippen MR) is 370 cm³/mol. The van der Waals surface area contributed by atoms with E-state index in [1.807, 2.05) is 21.1 Å². The van der Waals surface area contributed by atoms with E-state index in [9.17, 15) is 19.5 Å². The molecule has 0 aromatic carbocycles. The van der Waals surface area contributed by atoms with Gasteiger partial charge >= 0.3 is 11.9 Å². The quantitative estimate of drug-likeness (QED) is 0.0195. The highest BCUT2D eigenvalue weighted by atomic mass is 16.7. The minimum absolute atomic E-state index is 0.127. The summed E-state index contributed by atoms with van der Waals surface area (Å²) in [7, 11) is 5.89. The van der Waals surface area contributed by atoms with Crippen molar-refractivity contribution in [2.45, 2.75) is 219 Å². The Bertz CT molecular complexity index is 2180. The van der Waals surface area contributed by atoms with Crippen molar-refractivity contribution in [2.75, 3.05) is 47.5 Å². The monoisotopic (exact) mass is 1200 g/mol. The summed E-state index contributed by atoms with van der Waals surface area (Å²) in [6.45, 7) is 4.43. The van der Waals surface area contributed by atoms with Crippen LogP contribution in [0.3, 0.4) is 0 Å². The van der Waals surface area contributed by atoms with Crippen LogP contribution in [0, 0.1) is 0 Å². The van der Waals surface area contributed by atoms with Crippen molar-refractivity contribution in [1.82, 2.24) is 0 Å². The van der Waals surface area contributed by atoms with Gasteiger partial charge in [0.05, 0.1) is 40.3 Å². The van der Waals surface area contributed by atoms with E-state index >= 15 is 0 Å². The summed E-state index contributed by atoms with van der Waals surface area (Å²) in [5.41, 5.74) is 0. The molecule has 0 spiro atoms. The molecule has 484 valence electrons. The van der Waals surface area contributed by atoms with E-state index in [-0.39, 0.29) is 32.7 Å². The highest BCUT2D eigenvalue weighted by Crippen LogP contribution is 2.12. The van der Waals surface area contributed by atoms with E-state index in [1.165, 1.54) is 0 Å². The smallest absolute Gasteiger partial charge is 0.306 e. The van der Waals surface area contributed by atoms with Gasteiger partial charge in [-0.05, 0) is 148 Å². The minimum atomic E-state index is -1.65. The number of ether oxygens (including phenoxy) is 4. The van der Waals surface area contributed by atoms with Gasteiger partial charge in [0.15, 0.2) is 12.4 Å². The molecule has 2 unspecified atom stereocenters. The largest absolute Gasteiger partial charge is 0.545 e. The summed E-state index contributed by atoms with van der Waals surface area (Å²) in [5.74, 6) is -2.37. The predicted octanol–water partition coefficient (Wildman–Crippen LogP) is 19.5. The fourth-order valence-electron chi connectivity index (χ4n) is 8.01. The molecule has 0 saturated carbocycles. The lowest BCUT2D eigenvalue weighted by molar-refractivity contribution is -0.870. The molecule has 0 amide bonds. The Morgan fingerprint density at radius 1 is 0.345 bits per heavy atom. The summed E-state index contributed by atoms with van der Waals surface area (Å²) < 4.78 is 22.7. The average molecular weight is 1200 g/mol. The summed E-state index contributed by atoms with van der Waals surface area (Å²) in [5, 5.41) is 11.8. The Labute approximate surface area is 531 Å². The highest BCUT2D eigenvalue weighted by molar-refractivity contribution is 5.70. The first-order valence-corrected chi connectivity index (χ1v) is 33.2. The van der Waals surface area contributed by atoms with E-state index in [0.29, 0.717) is 23.9 Å². The van der Waals surface area contributed by atoms with Crippen molar-refractivity contribution in [1.29, 1.82) is 0 Å². The molecule has 0 rings (SSSR count). The molecular weight excluding hydrogens is 1080 g/mol. The molecule has 0 aromatic heterocycles. The number of hydrogen-bond acceptors (Lipinski definition) is 8. The second-order valence-electron chi connectivity index (χ2n) is 22.3. The van der Waals surface area contributed by atoms with Crippen molar-refractivity contribution in [3.63, 3.8) is 0 Å². The summed E-state index contributed by atoms with van der Waals surface area (Å²) in [4.78, 5) is 37.4. The molecule has 9 nitrogen and oxygen atoms in total. The third-order valence-corrected chi connectivity index (χ3v) is 13.0. The van der Waals surface area contributed by atoms with Gasteiger partial charge in [-0.25, -0.2) is 0 Å². The first-order chi connectivity index (χ1) is 42.6. The fraction of sp³-hybridized carbons (Fsp3) is 0.526. The number of carbonyl (C=O) groups excluding carboxylic acids is 3. The molecule has 0 bridgehead atoms. The number of hydrogen-bond donors (Lipinski definition) is 0. The number of carbonyl (C=O) groups is 3. The Morgan fingerprint density at radius 2 is 0.621 bits per heavy atom. The molecule has 0 aliphatic heterocycles. The lowest BCUT2D eigenvalue weighted by atomic mass is 10.1. The van der Waals surface area contributed by atoms with Gasteiger partial charge in [-0.15, -0.1) is 0 Å². The number of allylic oxidation sites excluding steroid dienone is 34. The van der Waals surface area contributed by atoms with Gasteiger partial charge in [-0.1, -0.05) is 253 Å². The Kier molecular flexibility index (Phi) is 61.2. The van der Waals surface area contributed by atoms with E-state index < -0.39 is 30.3 Å². The number of aliphatic carboxylic acids is 1. The van der Waals surface area contributed by atoms with E-state index in [1.54, 1.807) is 0 Å². The molecule has 0 N–H and O–H groups in total. The van der Waals surface area contributed by atoms with Gasteiger partial charge in [0, 0.05) is 12.8 Å². The number of quaternary nitrogens is 1. The molecule has 0 radical (unpaired) electrons. The molecule has 0 aromatic rings. The number of rotatable bonds is 58. The van der Waals surface area contributed by atoms with Gasteiger partial charge in [0.1, 0.15) is 13.2 Å². The molecule has 9 heteroatoms. The zero-order valence-electron chi connectivity index (χ0n) is 55.0. The standard InChI is InChI=1S/C78H119NO8/c1-6-8-10-12-14-16-18-20-22-24-26-28-29-30-31-32-33-34-35-36-37-38-39-40-41-42-43-44-45-46-47-49-51-53-55-57-59-61-63-65-67-69-76(81)87-74(73-86-78(77(82)83)84-71-70-79(3,4)5)72-85-75(80)68-66-64-62-60-58-56-54-52-50-48-27-25-23-21-19-17-15-13-11-9-7-2/h8-11,14-17,20-23,26-28,30-31,33-34,36-37,39-40,42-43,45-46,48-49,51-52,54-55,57,74,78H,6-7,12-13,18-19,24-25,29,32,35,38,41,44,47,50,53,56,58-73H2,1-5H3/b10-8-,11-9-,16-14-,17-15-,22-20-,23-21-,28-26-,31-30-,34-33-,37-36-,40-39-,43-42-,46-45-,48-27-,51-49-,54-52-,57-55-. The van der Waals surface area contributed by atoms with Crippen LogP contribution in [0.4, 0.5) is 0 Å². The molecule has 87 heavy (non-hydrogen) atoms. The molecular formula is C78H119NO8. The number of esters is 2. The average Bonchev–Trinajstić information content (AvgIpc) is 3.59. The third-order valence-electron chi connectivity index (χ3n) is 13.0. The summed E-state index contributed by atoms with van der Waals surface area (Å²) in [6, 6.07) is 0. The van der Waals surface area contributed by atoms with Crippen molar-refractivity contribution >= 4 is 17.9 Å². The zero-order valence-corrected chi connectivity index (χ0v) is 55.0. The molecule has 0 fully saturated rings. The van der Waals surface area contributed by atoms with Gasteiger partial charge in [0.25, 0.3) is 0 Å². The van der Waals surface area contributed by atoms with Crippen molar-refractivity contribution in [3.05, 3.63) is 207 Å². The third kappa shape index (κ3) is 67.2. The first-order valence-electron chi connectivity index (χ1n) is 33.2. The molecule has 0 aliphatic carbocycles. The maximum Gasteiger partial charge on any atom is 0.306 e. The number of likely N-dealkylation sites (N-methyl/N-ethyl adjacent to an activating group) is 1. The number of carboxylic acid groups (broad SMARTS) is 1. The first kappa shape index (κ1) is 80.9. The van der Waals surface area contributed by atoms with Crippen LogP contribution in [0.5, 0.6) is 0 Å². The van der Waals surface area contributed by atoms with Gasteiger partial charge in [0.2, 0.25) is 0 Å². The van der Waals surface area contributed by atoms with Crippen LogP contribution in [0.1, 0.15) is 206 Å². The van der Waals surface area contributed by atoms with Crippen molar-refractivity contribution in [3.8, 4) is 0 Å². The maximum atomic E-state index is 12.9. The normalized spacial score (nSPS) is 14.1. The Balaban J connectivity index is 4.30. The summed E-state index contributed by atoms with van der Waals surface area (Å²) >= 11 is 0. The van der Waals surface area contributed by atoms with Crippen LogP contribution in [-0.4, -0.2) is 82.3 Å². The van der Waals surface area contributed by atoms with Gasteiger partial charge < -0.3 is 33.3 Å². The molecule has 0 saturated heterocycles. The van der Waals surface area contributed by atoms with E-state index in [2.05, 4.69) is 220 Å². The molecule has 0 aliphatic rings. The van der Waals surface area contributed by atoms with Crippen LogP contribution in [0.15, 0.2) is 207 Å². The Hall–Kier alpha value is -6.13. The van der Waals surface area contributed by atoms with Gasteiger partial charge in [-0.2, -0.15) is 0 Å². The van der Waals surface area contributed by atoms with Crippen molar-refractivity contribution < 1.29 is 42.9 Å². The molecule has 0 heterocycles. The molecule has 2 atom stereocenters. The summed E-state index contributed by atoms with van der Waals surface area (Å²) in [6.07, 6.45) is 100. The lowest BCUT2D eigenvalue weighted by Crippen LogP contribution is -2.44. The zero-order chi connectivity index (χ0) is 63.3. The topological polar surface area (TPSA) is 111 Å². The number of unbranched alkanes of at least 4 members (excludes halogenated alkanes) is 9. The second-order valence-corrected chi connectivity index (χ2v) is 22.3.